The number of aryl methyl sites for hydroxylation is 2. The summed E-state index contributed by atoms with van der Waals surface area (Å²) in [5, 5.41) is 4.27. The molecule has 314 valence electrons. The van der Waals surface area contributed by atoms with Crippen molar-refractivity contribution in [1.29, 1.82) is 0 Å². The highest BCUT2D eigenvalue weighted by molar-refractivity contribution is 7.35. The summed E-state index contributed by atoms with van der Waals surface area (Å²) in [4.78, 5) is 22.2. The summed E-state index contributed by atoms with van der Waals surface area (Å²) < 4.78 is 40.0. The number of aromatic nitrogens is 4. The number of rotatable bonds is 6. The second-order valence-electron chi connectivity index (χ2n) is 16.5. The molecule has 12 heterocycles. The van der Waals surface area contributed by atoms with Gasteiger partial charge in [0, 0.05) is 43.0 Å². The highest BCUT2D eigenvalue weighted by Crippen LogP contribution is 2.60. The average molecular weight is 993 g/mol. The lowest BCUT2D eigenvalue weighted by atomic mass is 9.95. The largest absolute Gasteiger partial charge is 0.494 e. The summed E-state index contributed by atoms with van der Waals surface area (Å²) in [6.45, 7) is 12.6. The first-order valence-corrected chi connectivity index (χ1v) is 27.3. The molecule has 0 aliphatic carbocycles. The van der Waals surface area contributed by atoms with Gasteiger partial charge in [-0.05, 0) is 82.6 Å². The Bertz CT molecular complexity index is 3730. The highest BCUT2D eigenvalue weighted by Gasteiger charge is 2.38. The van der Waals surface area contributed by atoms with Gasteiger partial charge in [0.25, 0.3) is 0 Å². The van der Waals surface area contributed by atoms with Crippen LogP contribution in [0.5, 0.6) is 23.0 Å². The highest BCUT2D eigenvalue weighted by atomic mass is 32.1. The molecule has 1 aromatic carbocycles. The van der Waals surface area contributed by atoms with E-state index in [1.54, 1.807) is 93.6 Å². The standard InChI is InChI=1S/C46H32N4O4S9/c1-17-18(2)48-32-30(24-16-28-44(58-24)36(52-8)42(62-28)26-14-22-40(60-26)37-19(9-11-55-37)45(3,4)54-22)34-33(49-63-50-34)29(31(32)47-17)23-15-27-43(57-23)35(51-7)41(61-27)25-13-20-38(59-25)39-21(10-12-56-39)53-46(20,5)6/h9-16H,1-8H3. The van der Waals surface area contributed by atoms with Crippen molar-refractivity contribution < 1.29 is 18.9 Å². The molecule has 11 aromatic rings. The third-order valence-electron chi connectivity index (χ3n) is 11.9. The lowest BCUT2D eigenvalue weighted by molar-refractivity contribution is 0.107. The molecule has 2 aliphatic heterocycles. The topological polar surface area (TPSA) is 88.5 Å². The van der Waals surface area contributed by atoms with Gasteiger partial charge in [0.2, 0.25) is 0 Å². The monoisotopic (exact) mass is 992 g/mol. The molecule has 8 nitrogen and oxygen atoms in total. The maximum atomic E-state index is 6.57. The Hall–Kier alpha value is -4.30. The van der Waals surface area contributed by atoms with Gasteiger partial charge in [0.05, 0.1) is 90.3 Å². The summed E-state index contributed by atoms with van der Waals surface area (Å²) in [7, 11) is 3.55. The molecule has 0 fully saturated rings. The second kappa shape index (κ2) is 13.6. The van der Waals surface area contributed by atoms with Crippen LogP contribution in [0.15, 0.2) is 47.2 Å². The van der Waals surface area contributed by atoms with E-state index in [1.807, 2.05) is 25.2 Å². The van der Waals surface area contributed by atoms with E-state index in [0.717, 1.165) is 111 Å². The van der Waals surface area contributed by atoms with E-state index in [9.17, 15) is 0 Å². The Labute approximate surface area is 397 Å². The summed E-state index contributed by atoms with van der Waals surface area (Å²) in [6.07, 6.45) is 0. The van der Waals surface area contributed by atoms with Gasteiger partial charge in [-0.25, -0.2) is 9.97 Å². The number of ether oxygens (including phenoxy) is 4. The zero-order valence-corrected chi connectivity index (χ0v) is 42.1. The van der Waals surface area contributed by atoms with Crippen LogP contribution in [-0.2, 0) is 11.2 Å². The first-order chi connectivity index (χ1) is 30.4. The fraction of sp³-hybridized carbons (Fsp3) is 0.217. The van der Waals surface area contributed by atoms with Gasteiger partial charge in [-0.15, -0.1) is 90.7 Å². The minimum absolute atomic E-state index is 0.381. The van der Waals surface area contributed by atoms with Gasteiger partial charge in [0.15, 0.2) is 11.5 Å². The molecule has 0 atom stereocenters. The van der Waals surface area contributed by atoms with Gasteiger partial charge >= 0.3 is 0 Å². The smallest absolute Gasteiger partial charge is 0.156 e. The van der Waals surface area contributed by atoms with Crippen LogP contribution in [0.1, 0.15) is 50.2 Å². The van der Waals surface area contributed by atoms with E-state index >= 15 is 0 Å². The van der Waals surface area contributed by atoms with Crippen molar-refractivity contribution in [2.24, 2.45) is 0 Å². The van der Waals surface area contributed by atoms with Crippen molar-refractivity contribution in [2.75, 3.05) is 14.2 Å². The molecule has 0 unspecified atom stereocenters. The van der Waals surface area contributed by atoms with Gasteiger partial charge in [-0.2, -0.15) is 8.75 Å². The van der Waals surface area contributed by atoms with Crippen molar-refractivity contribution in [3.05, 3.63) is 69.7 Å². The van der Waals surface area contributed by atoms with Gasteiger partial charge in [-0.1, -0.05) is 0 Å². The number of hydrogen-bond acceptors (Lipinski definition) is 17. The van der Waals surface area contributed by atoms with Crippen molar-refractivity contribution in [3.63, 3.8) is 0 Å². The van der Waals surface area contributed by atoms with Crippen LogP contribution in [-0.4, -0.2) is 32.9 Å². The molecule has 0 N–H and O–H groups in total. The molecule has 63 heavy (non-hydrogen) atoms. The second-order valence-corrected chi connectivity index (χ2v) is 25.2. The summed E-state index contributed by atoms with van der Waals surface area (Å²) >= 11 is 15.3. The lowest BCUT2D eigenvalue weighted by Gasteiger charge is -2.31. The number of nitrogens with zero attached hydrogens (tertiary/aromatic N) is 4. The molecule has 17 heteroatoms. The summed E-state index contributed by atoms with van der Waals surface area (Å²) in [5.41, 5.74) is 8.65. The van der Waals surface area contributed by atoms with Crippen LogP contribution in [0.2, 0.25) is 0 Å². The van der Waals surface area contributed by atoms with Gasteiger partial charge < -0.3 is 18.9 Å². The van der Waals surface area contributed by atoms with Crippen molar-refractivity contribution in [1.82, 2.24) is 18.7 Å². The number of methoxy groups -OCH3 is 2. The van der Waals surface area contributed by atoms with Crippen molar-refractivity contribution in [3.8, 4) is 82.9 Å². The van der Waals surface area contributed by atoms with Crippen LogP contribution in [0.25, 0.3) is 101 Å². The predicted molar refractivity (Wildman–Crippen MR) is 271 cm³/mol. The molecule has 0 saturated heterocycles. The molecule has 0 radical (unpaired) electrons. The summed E-state index contributed by atoms with van der Waals surface area (Å²) in [6, 6.07) is 13.3. The molecule has 0 bridgehead atoms. The quantitative estimate of drug-likeness (QED) is 0.163. The van der Waals surface area contributed by atoms with E-state index in [0.29, 0.717) is 0 Å². The Morgan fingerprint density at radius 1 is 0.508 bits per heavy atom. The molecule has 13 rings (SSSR count). The van der Waals surface area contributed by atoms with Crippen LogP contribution in [0.3, 0.4) is 0 Å². The maximum absolute atomic E-state index is 6.57. The van der Waals surface area contributed by atoms with E-state index in [2.05, 4.69) is 74.9 Å². The van der Waals surface area contributed by atoms with Crippen molar-refractivity contribution in [2.45, 2.75) is 52.7 Å². The van der Waals surface area contributed by atoms with E-state index in [4.69, 9.17) is 37.7 Å². The van der Waals surface area contributed by atoms with E-state index in [1.165, 1.54) is 47.2 Å². The van der Waals surface area contributed by atoms with E-state index < -0.39 is 5.60 Å². The normalized spacial score (nSPS) is 14.9. The Morgan fingerprint density at radius 3 is 1.67 bits per heavy atom. The molecular formula is C46H32N4O4S9. The maximum Gasteiger partial charge on any atom is 0.156 e. The minimum Gasteiger partial charge on any atom is -0.494 e. The van der Waals surface area contributed by atoms with Crippen LogP contribution in [0.4, 0.5) is 0 Å². The van der Waals surface area contributed by atoms with Crippen LogP contribution < -0.4 is 18.9 Å². The lowest BCUT2D eigenvalue weighted by Crippen LogP contribution is -2.27. The first-order valence-electron chi connectivity index (χ1n) is 19.9. The first kappa shape index (κ1) is 39.1. The number of benzene rings is 1. The zero-order valence-electron chi connectivity index (χ0n) is 34.7. The molecule has 10 aromatic heterocycles. The van der Waals surface area contributed by atoms with Crippen LogP contribution >= 0.6 is 102 Å². The fourth-order valence-electron chi connectivity index (χ4n) is 8.84. The van der Waals surface area contributed by atoms with Gasteiger partial charge in [0.1, 0.15) is 44.8 Å². The number of fused-ring (bicyclic) bond motifs is 10. The molecule has 0 spiro atoms. The van der Waals surface area contributed by atoms with Crippen molar-refractivity contribution >= 4 is 143 Å². The Kier molecular flexibility index (Phi) is 8.45. The molecule has 0 amide bonds. The third-order valence-corrected chi connectivity index (χ3v) is 22.0. The summed E-state index contributed by atoms with van der Waals surface area (Å²) in [5.74, 6) is 3.67. The molecular weight excluding hydrogens is 961 g/mol. The minimum atomic E-state index is -0.425. The molecule has 0 saturated carbocycles. The fourth-order valence-corrected chi connectivity index (χ4v) is 19.4. The Morgan fingerprint density at radius 2 is 1.05 bits per heavy atom. The predicted octanol–water partition coefficient (Wildman–Crippen LogP) is 16.3. The molecule has 2 aliphatic rings. The number of hydrogen-bond donors (Lipinski definition) is 0. The average Bonchev–Trinajstić information content (AvgIpc) is 4.08. The Balaban J connectivity index is 0.941. The van der Waals surface area contributed by atoms with Crippen LogP contribution in [0, 0.1) is 13.8 Å². The third kappa shape index (κ3) is 5.54. The van der Waals surface area contributed by atoms with Gasteiger partial charge in [-0.3, -0.25) is 0 Å². The van der Waals surface area contributed by atoms with E-state index in [-0.39, 0.29) is 5.60 Å². The SMILES string of the molecule is COc1c(-c2cc3c(s2)-c2sccc2C(C)(C)O3)sc2cc(-c3c4nsnc4c(-c4cc5sc(-c6cc7c(s6)-c6sccc6OC7(C)C)c(OC)c5s4)c4nc(C)c(C)nc34)sc12. The number of thiophene rings is 8. The zero-order chi connectivity index (χ0) is 42.8.